The molecule has 0 unspecified atom stereocenters. The van der Waals surface area contributed by atoms with Crippen molar-refractivity contribution in [3.8, 4) is 11.5 Å². The number of thiazole rings is 1. The van der Waals surface area contributed by atoms with Crippen molar-refractivity contribution in [3.05, 3.63) is 35.8 Å². The van der Waals surface area contributed by atoms with Crippen LogP contribution in [0, 0.1) is 0 Å². The summed E-state index contributed by atoms with van der Waals surface area (Å²) in [6.07, 6.45) is 1.60. The number of amides is 1. The number of carbonyl (C=O) groups is 1. The SMILES string of the molecule is CC[C@@H](Oc1ccccc1OC)C(=O)Nc1nccs1. The molecule has 1 N–H and O–H groups in total. The van der Waals surface area contributed by atoms with Crippen molar-refractivity contribution in [2.75, 3.05) is 12.4 Å². The Morgan fingerprint density at radius 2 is 2.15 bits per heavy atom. The predicted octanol–water partition coefficient (Wildman–Crippen LogP) is 2.95. The van der Waals surface area contributed by atoms with E-state index in [0.717, 1.165) is 0 Å². The average molecular weight is 292 g/mol. The molecule has 0 spiro atoms. The maximum absolute atomic E-state index is 12.1. The monoisotopic (exact) mass is 292 g/mol. The third-order valence-corrected chi connectivity index (χ3v) is 3.35. The minimum Gasteiger partial charge on any atom is -0.493 e. The highest BCUT2D eigenvalue weighted by molar-refractivity contribution is 7.13. The van der Waals surface area contributed by atoms with Gasteiger partial charge in [0.1, 0.15) is 0 Å². The molecule has 2 aromatic rings. The number of methoxy groups -OCH3 is 1. The second-order valence-electron chi connectivity index (χ2n) is 3.99. The molecule has 1 aromatic heterocycles. The van der Waals surface area contributed by atoms with Crippen LogP contribution in [0.4, 0.5) is 5.13 Å². The summed E-state index contributed by atoms with van der Waals surface area (Å²) in [6.45, 7) is 1.89. The van der Waals surface area contributed by atoms with Crippen molar-refractivity contribution in [1.29, 1.82) is 0 Å². The van der Waals surface area contributed by atoms with Gasteiger partial charge in [0.05, 0.1) is 7.11 Å². The summed E-state index contributed by atoms with van der Waals surface area (Å²) >= 11 is 1.37. The first-order valence-corrected chi connectivity index (χ1v) is 7.12. The first-order chi connectivity index (χ1) is 9.74. The molecular weight excluding hydrogens is 276 g/mol. The molecule has 5 nitrogen and oxygen atoms in total. The van der Waals surface area contributed by atoms with E-state index in [1.165, 1.54) is 11.3 Å². The van der Waals surface area contributed by atoms with E-state index in [0.29, 0.717) is 23.1 Å². The van der Waals surface area contributed by atoms with Gasteiger partial charge in [-0.15, -0.1) is 11.3 Å². The van der Waals surface area contributed by atoms with E-state index in [-0.39, 0.29) is 5.91 Å². The second-order valence-corrected chi connectivity index (χ2v) is 4.89. The summed E-state index contributed by atoms with van der Waals surface area (Å²) in [4.78, 5) is 16.2. The van der Waals surface area contributed by atoms with Gasteiger partial charge in [0.15, 0.2) is 22.7 Å². The Bertz CT molecular complexity index is 557. The van der Waals surface area contributed by atoms with Crippen LogP contribution >= 0.6 is 11.3 Å². The van der Waals surface area contributed by atoms with Crippen molar-refractivity contribution >= 4 is 22.4 Å². The standard InChI is InChI=1S/C14H16N2O3S/c1-3-10(13(17)16-14-15-8-9-20-14)19-12-7-5-4-6-11(12)18-2/h4-10H,3H2,1-2H3,(H,15,16,17)/t10-/m1/s1. The molecule has 2 rings (SSSR count). The lowest BCUT2D eigenvalue weighted by Gasteiger charge is -2.18. The topological polar surface area (TPSA) is 60.5 Å². The van der Waals surface area contributed by atoms with Gasteiger partial charge in [-0.3, -0.25) is 10.1 Å². The first-order valence-electron chi connectivity index (χ1n) is 6.24. The van der Waals surface area contributed by atoms with Crippen molar-refractivity contribution in [2.24, 2.45) is 0 Å². The summed E-state index contributed by atoms with van der Waals surface area (Å²) in [5.41, 5.74) is 0. The molecule has 0 saturated carbocycles. The number of benzene rings is 1. The van der Waals surface area contributed by atoms with Crippen LogP contribution in [-0.4, -0.2) is 24.1 Å². The number of aromatic nitrogens is 1. The van der Waals surface area contributed by atoms with Gasteiger partial charge in [-0.2, -0.15) is 0 Å². The van der Waals surface area contributed by atoms with Crippen molar-refractivity contribution < 1.29 is 14.3 Å². The molecule has 1 atom stereocenters. The Kier molecular flexibility index (Phi) is 4.95. The largest absolute Gasteiger partial charge is 0.493 e. The van der Waals surface area contributed by atoms with Crippen molar-refractivity contribution in [2.45, 2.75) is 19.4 Å². The molecular formula is C14H16N2O3S. The van der Waals surface area contributed by atoms with Gasteiger partial charge in [0.2, 0.25) is 0 Å². The summed E-state index contributed by atoms with van der Waals surface area (Å²) in [5.74, 6) is 0.942. The Hall–Kier alpha value is -2.08. The fourth-order valence-corrected chi connectivity index (χ4v) is 2.19. The van der Waals surface area contributed by atoms with E-state index in [1.807, 2.05) is 19.1 Å². The number of rotatable bonds is 6. The lowest BCUT2D eigenvalue weighted by Crippen LogP contribution is -2.32. The summed E-state index contributed by atoms with van der Waals surface area (Å²) in [6, 6.07) is 7.25. The molecule has 0 bridgehead atoms. The Labute approximate surface area is 121 Å². The minimum atomic E-state index is -0.588. The van der Waals surface area contributed by atoms with E-state index < -0.39 is 6.10 Å². The van der Waals surface area contributed by atoms with Crippen LogP contribution in [0.25, 0.3) is 0 Å². The highest BCUT2D eigenvalue weighted by Gasteiger charge is 2.20. The summed E-state index contributed by atoms with van der Waals surface area (Å²) in [7, 11) is 1.57. The molecule has 0 aliphatic rings. The highest BCUT2D eigenvalue weighted by Crippen LogP contribution is 2.27. The maximum Gasteiger partial charge on any atom is 0.267 e. The van der Waals surface area contributed by atoms with Crippen LogP contribution in [0.1, 0.15) is 13.3 Å². The highest BCUT2D eigenvalue weighted by atomic mass is 32.1. The van der Waals surface area contributed by atoms with E-state index in [2.05, 4.69) is 10.3 Å². The Balaban J connectivity index is 2.06. The molecule has 0 saturated heterocycles. The fraction of sp³-hybridized carbons (Fsp3) is 0.286. The van der Waals surface area contributed by atoms with Crippen LogP contribution < -0.4 is 14.8 Å². The molecule has 20 heavy (non-hydrogen) atoms. The van der Waals surface area contributed by atoms with Gasteiger partial charge in [-0.25, -0.2) is 4.98 Å². The number of hydrogen-bond donors (Lipinski definition) is 1. The van der Waals surface area contributed by atoms with E-state index in [9.17, 15) is 4.79 Å². The fourth-order valence-electron chi connectivity index (χ4n) is 1.66. The number of anilines is 1. The van der Waals surface area contributed by atoms with Gasteiger partial charge in [0, 0.05) is 11.6 Å². The Morgan fingerprint density at radius 1 is 1.40 bits per heavy atom. The number of para-hydroxylation sites is 2. The zero-order valence-electron chi connectivity index (χ0n) is 11.3. The van der Waals surface area contributed by atoms with Crippen molar-refractivity contribution in [3.63, 3.8) is 0 Å². The van der Waals surface area contributed by atoms with E-state index in [4.69, 9.17) is 9.47 Å². The number of ether oxygens (including phenoxy) is 2. The maximum atomic E-state index is 12.1. The second kappa shape index (κ2) is 6.91. The third-order valence-electron chi connectivity index (χ3n) is 2.66. The average Bonchev–Trinajstić information content (AvgIpc) is 2.97. The normalized spacial score (nSPS) is 11.7. The zero-order chi connectivity index (χ0) is 14.4. The molecule has 0 aliphatic heterocycles. The molecule has 1 heterocycles. The third kappa shape index (κ3) is 3.48. The number of carbonyl (C=O) groups excluding carboxylic acids is 1. The van der Waals surface area contributed by atoms with Gasteiger partial charge in [-0.05, 0) is 18.6 Å². The number of nitrogens with one attached hydrogen (secondary N) is 1. The number of nitrogens with zero attached hydrogens (tertiary/aromatic N) is 1. The van der Waals surface area contributed by atoms with Crippen LogP contribution in [-0.2, 0) is 4.79 Å². The molecule has 106 valence electrons. The predicted molar refractivity (Wildman–Crippen MR) is 78.4 cm³/mol. The first kappa shape index (κ1) is 14.3. The van der Waals surface area contributed by atoms with Gasteiger partial charge < -0.3 is 9.47 Å². The van der Waals surface area contributed by atoms with E-state index >= 15 is 0 Å². The molecule has 1 aromatic carbocycles. The van der Waals surface area contributed by atoms with Crippen LogP contribution in [0.5, 0.6) is 11.5 Å². The summed E-state index contributed by atoms with van der Waals surface area (Å²) in [5, 5.41) is 5.10. The van der Waals surface area contributed by atoms with Gasteiger partial charge in [0.25, 0.3) is 5.91 Å². The van der Waals surface area contributed by atoms with E-state index in [1.54, 1.807) is 30.8 Å². The van der Waals surface area contributed by atoms with Crippen LogP contribution in [0.15, 0.2) is 35.8 Å². The lowest BCUT2D eigenvalue weighted by molar-refractivity contribution is -0.122. The van der Waals surface area contributed by atoms with Crippen LogP contribution in [0.2, 0.25) is 0 Å². The number of hydrogen-bond acceptors (Lipinski definition) is 5. The molecule has 6 heteroatoms. The minimum absolute atomic E-state index is 0.214. The quantitative estimate of drug-likeness (QED) is 0.889. The lowest BCUT2D eigenvalue weighted by atomic mass is 10.2. The molecule has 0 radical (unpaired) electrons. The smallest absolute Gasteiger partial charge is 0.267 e. The Morgan fingerprint density at radius 3 is 2.75 bits per heavy atom. The summed E-state index contributed by atoms with van der Waals surface area (Å²) < 4.78 is 10.9. The molecule has 0 fully saturated rings. The molecule has 0 aliphatic carbocycles. The molecule has 1 amide bonds. The van der Waals surface area contributed by atoms with Gasteiger partial charge in [-0.1, -0.05) is 19.1 Å². The zero-order valence-corrected chi connectivity index (χ0v) is 12.1. The van der Waals surface area contributed by atoms with Gasteiger partial charge >= 0.3 is 0 Å². The van der Waals surface area contributed by atoms with Crippen molar-refractivity contribution in [1.82, 2.24) is 4.98 Å². The van der Waals surface area contributed by atoms with Crippen LogP contribution in [0.3, 0.4) is 0 Å².